The standard InChI is InChI=1S/C27H32N2O5/c1-2-18(15-25(30)28-19-12-11-17(13-19)14-26(31)32)29-27(33)34-16-24-22-9-5-3-7-20(22)21-8-4-6-10-23(21)24/h3-10,17-19,24H,2,11-16H2,1H3,(H,28,30)(H,29,33)(H,31,32). The molecule has 2 aromatic carbocycles. The van der Waals surface area contributed by atoms with Crippen LogP contribution in [0.2, 0.25) is 0 Å². The molecule has 0 aromatic heterocycles. The van der Waals surface area contributed by atoms with E-state index in [0.29, 0.717) is 12.8 Å². The molecule has 2 amide bonds. The summed E-state index contributed by atoms with van der Waals surface area (Å²) in [6.45, 7) is 2.15. The van der Waals surface area contributed by atoms with Gasteiger partial charge in [0.25, 0.3) is 0 Å². The molecule has 0 bridgehead atoms. The molecule has 0 spiro atoms. The molecule has 0 radical (unpaired) electrons. The second kappa shape index (κ2) is 10.7. The van der Waals surface area contributed by atoms with Crippen molar-refractivity contribution in [2.45, 2.75) is 63.5 Å². The second-order valence-electron chi connectivity index (χ2n) is 9.32. The van der Waals surface area contributed by atoms with E-state index < -0.39 is 12.1 Å². The zero-order chi connectivity index (χ0) is 24.1. The number of carboxylic acid groups (broad SMARTS) is 1. The zero-order valence-electron chi connectivity index (χ0n) is 19.5. The van der Waals surface area contributed by atoms with E-state index in [9.17, 15) is 14.4 Å². The van der Waals surface area contributed by atoms with Crippen molar-refractivity contribution in [2.24, 2.45) is 5.92 Å². The molecule has 0 heterocycles. The lowest BCUT2D eigenvalue weighted by atomic mass is 9.98. The van der Waals surface area contributed by atoms with Gasteiger partial charge in [-0.05, 0) is 53.9 Å². The van der Waals surface area contributed by atoms with E-state index in [1.54, 1.807) is 0 Å². The van der Waals surface area contributed by atoms with Crippen molar-refractivity contribution in [1.29, 1.82) is 0 Å². The van der Waals surface area contributed by atoms with Gasteiger partial charge in [-0.3, -0.25) is 9.59 Å². The molecule has 3 N–H and O–H groups in total. The first-order valence-electron chi connectivity index (χ1n) is 12.1. The third kappa shape index (κ3) is 5.58. The van der Waals surface area contributed by atoms with Crippen molar-refractivity contribution in [3.05, 3.63) is 59.7 Å². The van der Waals surface area contributed by atoms with Crippen molar-refractivity contribution in [3.63, 3.8) is 0 Å². The number of hydrogen-bond donors (Lipinski definition) is 3. The van der Waals surface area contributed by atoms with Crippen LogP contribution in [0.25, 0.3) is 11.1 Å². The molecule has 7 nitrogen and oxygen atoms in total. The molecule has 4 rings (SSSR count). The van der Waals surface area contributed by atoms with Gasteiger partial charge in [-0.1, -0.05) is 55.5 Å². The van der Waals surface area contributed by atoms with E-state index in [0.717, 1.165) is 24.0 Å². The highest BCUT2D eigenvalue weighted by Gasteiger charge is 2.30. The highest BCUT2D eigenvalue weighted by molar-refractivity contribution is 5.79. The van der Waals surface area contributed by atoms with Gasteiger partial charge in [-0.25, -0.2) is 4.79 Å². The average molecular weight is 465 g/mol. The van der Waals surface area contributed by atoms with Crippen LogP contribution in [0.4, 0.5) is 4.79 Å². The number of hydrogen-bond acceptors (Lipinski definition) is 4. The molecule has 7 heteroatoms. The maximum atomic E-state index is 12.5. The van der Waals surface area contributed by atoms with Crippen LogP contribution in [0.5, 0.6) is 0 Å². The Morgan fingerprint density at radius 1 is 1.03 bits per heavy atom. The molecule has 1 saturated carbocycles. The maximum Gasteiger partial charge on any atom is 0.407 e. The van der Waals surface area contributed by atoms with E-state index >= 15 is 0 Å². The van der Waals surface area contributed by atoms with Gasteiger partial charge in [0.15, 0.2) is 0 Å². The number of alkyl carbamates (subject to hydrolysis) is 1. The number of benzene rings is 2. The van der Waals surface area contributed by atoms with Gasteiger partial charge in [0.2, 0.25) is 5.91 Å². The molecule has 2 aliphatic rings. The summed E-state index contributed by atoms with van der Waals surface area (Å²) in [5.74, 6) is -0.826. The fraction of sp³-hybridized carbons (Fsp3) is 0.444. The first kappa shape index (κ1) is 23.8. The zero-order valence-corrected chi connectivity index (χ0v) is 19.5. The second-order valence-corrected chi connectivity index (χ2v) is 9.32. The molecule has 0 saturated heterocycles. The number of aliphatic carboxylic acids is 1. The lowest BCUT2D eigenvalue weighted by Crippen LogP contribution is -2.41. The Hall–Kier alpha value is -3.35. The molecule has 180 valence electrons. The first-order chi connectivity index (χ1) is 16.4. The largest absolute Gasteiger partial charge is 0.481 e. The minimum Gasteiger partial charge on any atom is -0.481 e. The SMILES string of the molecule is CCC(CC(=O)NC1CCC(CC(=O)O)C1)NC(=O)OCC1c2ccccc2-c2ccccc21. The van der Waals surface area contributed by atoms with Crippen LogP contribution < -0.4 is 10.6 Å². The van der Waals surface area contributed by atoms with Gasteiger partial charge in [-0.2, -0.15) is 0 Å². The summed E-state index contributed by atoms with van der Waals surface area (Å²) in [5.41, 5.74) is 4.65. The van der Waals surface area contributed by atoms with Crippen LogP contribution >= 0.6 is 0 Å². The minimum atomic E-state index is -0.796. The number of carbonyl (C=O) groups is 3. The Labute approximate surface area is 199 Å². The van der Waals surface area contributed by atoms with Crippen LogP contribution in [0.15, 0.2) is 48.5 Å². The van der Waals surface area contributed by atoms with Crippen LogP contribution in [-0.2, 0) is 14.3 Å². The van der Waals surface area contributed by atoms with Crippen molar-refractivity contribution in [2.75, 3.05) is 6.61 Å². The van der Waals surface area contributed by atoms with Gasteiger partial charge in [0.05, 0.1) is 0 Å². The monoisotopic (exact) mass is 464 g/mol. The number of amides is 2. The first-order valence-corrected chi connectivity index (χ1v) is 12.1. The summed E-state index contributed by atoms with van der Waals surface area (Å²) in [6.07, 6.45) is 2.68. The fourth-order valence-corrected chi connectivity index (χ4v) is 5.25. The highest BCUT2D eigenvalue weighted by atomic mass is 16.5. The molecular weight excluding hydrogens is 432 g/mol. The quantitative estimate of drug-likeness (QED) is 0.508. The maximum absolute atomic E-state index is 12.5. The average Bonchev–Trinajstić information content (AvgIpc) is 3.38. The highest BCUT2D eigenvalue weighted by Crippen LogP contribution is 2.44. The molecule has 2 aromatic rings. The number of fused-ring (bicyclic) bond motifs is 3. The topological polar surface area (TPSA) is 105 Å². The van der Waals surface area contributed by atoms with E-state index in [2.05, 4.69) is 34.9 Å². The van der Waals surface area contributed by atoms with E-state index in [1.165, 1.54) is 11.1 Å². The van der Waals surface area contributed by atoms with Crippen LogP contribution in [0.1, 0.15) is 62.5 Å². The van der Waals surface area contributed by atoms with E-state index in [1.807, 2.05) is 31.2 Å². The Kier molecular flexibility index (Phi) is 7.50. The van der Waals surface area contributed by atoms with E-state index in [-0.39, 0.29) is 49.3 Å². The fourth-order valence-electron chi connectivity index (χ4n) is 5.25. The number of ether oxygens (including phenoxy) is 1. The van der Waals surface area contributed by atoms with Gasteiger partial charge in [-0.15, -0.1) is 0 Å². The van der Waals surface area contributed by atoms with E-state index in [4.69, 9.17) is 9.84 Å². The Bertz CT molecular complexity index is 1010. The summed E-state index contributed by atoms with van der Waals surface area (Å²) in [4.78, 5) is 35.9. The third-order valence-electron chi connectivity index (χ3n) is 6.96. The van der Waals surface area contributed by atoms with Crippen molar-refractivity contribution >= 4 is 18.0 Å². The minimum absolute atomic E-state index is 0.00353. The molecule has 1 fully saturated rings. The number of nitrogens with one attached hydrogen (secondary N) is 2. The molecule has 3 unspecified atom stereocenters. The molecule has 3 atom stereocenters. The third-order valence-corrected chi connectivity index (χ3v) is 6.96. The van der Waals surface area contributed by atoms with Crippen LogP contribution in [0.3, 0.4) is 0 Å². The smallest absolute Gasteiger partial charge is 0.407 e. The Morgan fingerprint density at radius 2 is 1.68 bits per heavy atom. The molecule has 34 heavy (non-hydrogen) atoms. The molecule has 2 aliphatic carbocycles. The van der Waals surface area contributed by atoms with Gasteiger partial charge >= 0.3 is 12.1 Å². The normalized spacial score (nSPS) is 19.7. The molecule has 0 aliphatic heterocycles. The predicted octanol–water partition coefficient (Wildman–Crippen LogP) is 4.45. The predicted molar refractivity (Wildman–Crippen MR) is 128 cm³/mol. The number of carboxylic acids is 1. The number of carbonyl (C=O) groups excluding carboxylic acids is 2. The van der Waals surface area contributed by atoms with Gasteiger partial charge in [0, 0.05) is 30.8 Å². The van der Waals surface area contributed by atoms with Crippen molar-refractivity contribution < 1.29 is 24.2 Å². The van der Waals surface area contributed by atoms with Gasteiger partial charge < -0.3 is 20.5 Å². The van der Waals surface area contributed by atoms with Crippen LogP contribution in [-0.4, -0.2) is 41.8 Å². The van der Waals surface area contributed by atoms with Crippen molar-refractivity contribution in [3.8, 4) is 11.1 Å². The Morgan fingerprint density at radius 3 is 2.29 bits per heavy atom. The van der Waals surface area contributed by atoms with Gasteiger partial charge in [0.1, 0.15) is 6.61 Å². The Balaban J connectivity index is 1.26. The summed E-state index contributed by atoms with van der Waals surface area (Å²) in [6, 6.07) is 16.0. The lowest BCUT2D eigenvalue weighted by Gasteiger charge is -2.20. The summed E-state index contributed by atoms with van der Waals surface area (Å²) in [7, 11) is 0. The summed E-state index contributed by atoms with van der Waals surface area (Å²) < 4.78 is 5.60. The lowest BCUT2D eigenvalue weighted by molar-refractivity contribution is -0.138. The molecular formula is C27H32N2O5. The summed E-state index contributed by atoms with van der Waals surface area (Å²) in [5, 5.41) is 14.8. The van der Waals surface area contributed by atoms with Crippen LogP contribution in [0, 0.1) is 5.92 Å². The number of rotatable bonds is 9. The van der Waals surface area contributed by atoms with Crippen molar-refractivity contribution in [1.82, 2.24) is 10.6 Å². The summed E-state index contributed by atoms with van der Waals surface area (Å²) >= 11 is 0.